The summed E-state index contributed by atoms with van der Waals surface area (Å²) >= 11 is 0. The molecule has 0 radical (unpaired) electrons. The highest BCUT2D eigenvalue weighted by Gasteiger charge is 2.23. The molecular weight excluding hydrogens is 475 g/mol. The van der Waals surface area contributed by atoms with Crippen LogP contribution in [0, 0.1) is 17.8 Å². The number of likely N-dealkylation sites (N-methyl/N-ethyl adjacent to an activating group) is 1. The number of piperazine rings is 1. The minimum absolute atomic E-state index is 0.00547. The van der Waals surface area contributed by atoms with E-state index in [1.807, 2.05) is 11.9 Å². The van der Waals surface area contributed by atoms with Crippen molar-refractivity contribution in [3.05, 3.63) is 46.8 Å². The molecule has 1 N–H and O–H groups in total. The number of rotatable bonds is 8. The van der Waals surface area contributed by atoms with E-state index < -0.39 is 12.7 Å². The van der Waals surface area contributed by atoms with Gasteiger partial charge >= 0.3 is 6.03 Å². The van der Waals surface area contributed by atoms with Crippen LogP contribution in [-0.2, 0) is 17.8 Å². The number of amides is 3. The average molecular weight is 507 g/mol. The predicted molar refractivity (Wildman–Crippen MR) is 138 cm³/mol. The lowest BCUT2D eigenvalue weighted by Crippen LogP contribution is -2.48. The van der Waals surface area contributed by atoms with E-state index in [2.05, 4.69) is 27.1 Å². The fourth-order valence-electron chi connectivity index (χ4n) is 3.96. The van der Waals surface area contributed by atoms with E-state index in [4.69, 9.17) is 0 Å². The summed E-state index contributed by atoms with van der Waals surface area (Å²) in [5.74, 6) is 7.36. The maximum absolute atomic E-state index is 12.9. The second kappa shape index (κ2) is 11.9. The Bertz CT molecular complexity index is 1240. The van der Waals surface area contributed by atoms with Gasteiger partial charge < -0.3 is 4.90 Å². The van der Waals surface area contributed by atoms with Crippen LogP contribution in [0.3, 0.4) is 0 Å². The number of alkyl halides is 1. The van der Waals surface area contributed by atoms with Gasteiger partial charge in [0.15, 0.2) is 6.29 Å². The molecule has 1 saturated heterocycles. The van der Waals surface area contributed by atoms with Crippen molar-refractivity contribution < 1.29 is 18.8 Å². The van der Waals surface area contributed by atoms with Gasteiger partial charge in [-0.15, -0.1) is 0 Å². The first kappa shape index (κ1) is 26.2. The number of carbonyl (C=O) groups is 3. The number of aryl methyl sites for hydroxylation is 1. The number of urea groups is 1. The molecule has 37 heavy (non-hydrogen) atoms. The Morgan fingerprint density at radius 3 is 2.81 bits per heavy atom. The van der Waals surface area contributed by atoms with Gasteiger partial charge in [-0.1, -0.05) is 17.9 Å². The topological polar surface area (TPSA) is 98.7 Å². The Kier molecular flexibility index (Phi) is 8.46. The molecule has 2 aliphatic rings. The van der Waals surface area contributed by atoms with Gasteiger partial charge in [-0.05, 0) is 50.4 Å². The number of anilines is 2. The van der Waals surface area contributed by atoms with E-state index in [0.29, 0.717) is 49.5 Å². The first-order chi connectivity index (χ1) is 17.9. The van der Waals surface area contributed by atoms with Crippen molar-refractivity contribution in [2.45, 2.75) is 32.2 Å². The highest BCUT2D eigenvalue weighted by atomic mass is 19.1. The summed E-state index contributed by atoms with van der Waals surface area (Å²) < 4.78 is 12.8. The molecule has 10 heteroatoms. The Morgan fingerprint density at radius 1 is 1.30 bits per heavy atom. The van der Waals surface area contributed by atoms with Gasteiger partial charge in [-0.2, -0.15) is 0 Å². The van der Waals surface area contributed by atoms with Gasteiger partial charge in [0, 0.05) is 49.9 Å². The van der Waals surface area contributed by atoms with Gasteiger partial charge in [0.2, 0.25) is 5.91 Å². The maximum Gasteiger partial charge on any atom is 0.328 e. The quantitative estimate of drug-likeness (QED) is 0.437. The van der Waals surface area contributed by atoms with Crippen molar-refractivity contribution in [3.8, 4) is 11.8 Å². The zero-order chi connectivity index (χ0) is 26.4. The lowest BCUT2D eigenvalue weighted by molar-refractivity contribution is -0.136. The molecule has 0 atom stereocenters. The molecule has 4 rings (SSSR count). The van der Waals surface area contributed by atoms with Crippen LogP contribution in [0.15, 0.2) is 24.4 Å². The van der Waals surface area contributed by atoms with E-state index in [9.17, 15) is 18.8 Å². The molecular formula is C27H31FN6O3. The summed E-state index contributed by atoms with van der Waals surface area (Å²) in [6, 6.07) is 4.58. The zero-order valence-electron chi connectivity index (χ0n) is 21.2. The van der Waals surface area contributed by atoms with Crippen molar-refractivity contribution in [3.63, 3.8) is 0 Å². The van der Waals surface area contributed by atoms with Gasteiger partial charge in [0.05, 0.1) is 13.2 Å². The second-order valence-electron chi connectivity index (χ2n) is 9.44. The molecule has 3 heterocycles. The summed E-state index contributed by atoms with van der Waals surface area (Å²) in [7, 11) is 3.43. The normalized spacial score (nSPS) is 15.6. The van der Waals surface area contributed by atoms with Crippen molar-refractivity contribution in [2.75, 3.05) is 50.6 Å². The van der Waals surface area contributed by atoms with E-state index in [0.717, 1.165) is 30.5 Å². The number of aromatic nitrogens is 2. The molecule has 1 aliphatic carbocycles. The first-order valence-corrected chi connectivity index (χ1v) is 12.4. The fourth-order valence-corrected chi connectivity index (χ4v) is 3.96. The van der Waals surface area contributed by atoms with E-state index in [-0.39, 0.29) is 24.0 Å². The molecule has 0 aromatic carbocycles. The minimum atomic E-state index is -0.493. The standard InChI is InChI=1S/C27H31FN6O3/c1-32-12-13-34(26(36)17-32)16-22-9-10-25(30-23(22)18-35)33(2)27(37)31-24-14-20(4-3-11-28)21(15-29-24)8-7-19-5-6-19/h9-10,14-15,18-19H,3-6,11-13,16-17H2,1-2H3,(H,29,31,37). The number of halogens is 1. The maximum atomic E-state index is 12.9. The summed E-state index contributed by atoms with van der Waals surface area (Å²) in [5.41, 5.74) is 2.38. The molecule has 1 aliphatic heterocycles. The Hall–Kier alpha value is -3.84. The smallest absolute Gasteiger partial charge is 0.328 e. The molecule has 2 aromatic heterocycles. The number of aldehydes is 1. The summed E-state index contributed by atoms with van der Waals surface area (Å²) in [5, 5.41) is 2.74. The number of hydrogen-bond donors (Lipinski definition) is 1. The Labute approximate surface area is 216 Å². The van der Waals surface area contributed by atoms with E-state index >= 15 is 0 Å². The highest BCUT2D eigenvalue weighted by Crippen LogP contribution is 2.28. The molecule has 194 valence electrons. The lowest BCUT2D eigenvalue weighted by atomic mass is 10.1. The number of pyridine rings is 2. The molecule has 0 bridgehead atoms. The second-order valence-corrected chi connectivity index (χ2v) is 9.44. The molecule has 0 unspecified atom stereocenters. The third kappa shape index (κ3) is 6.89. The molecule has 9 nitrogen and oxygen atoms in total. The van der Waals surface area contributed by atoms with E-state index in [1.54, 1.807) is 29.3 Å². The Balaban J connectivity index is 1.45. The number of nitrogens with one attached hydrogen (secondary N) is 1. The number of nitrogens with zero attached hydrogens (tertiary/aromatic N) is 5. The van der Waals surface area contributed by atoms with Gasteiger partial charge in [0.25, 0.3) is 0 Å². The van der Waals surface area contributed by atoms with Crippen LogP contribution in [0.4, 0.5) is 20.8 Å². The number of hydrogen-bond acceptors (Lipinski definition) is 6. The van der Waals surface area contributed by atoms with Crippen LogP contribution in [0.2, 0.25) is 0 Å². The van der Waals surface area contributed by atoms with Crippen molar-refractivity contribution in [1.82, 2.24) is 19.8 Å². The molecule has 2 aromatic rings. The third-order valence-electron chi connectivity index (χ3n) is 6.42. The van der Waals surface area contributed by atoms with Crippen LogP contribution in [0.5, 0.6) is 0 Å². The third-order valence-corrected chi connectivity index (χ3v) is 6.42. The van der Waals surface area contributed by atoms with Gasteiger partial charge in [0.1, 0.15) is 17.3 Å². The minimum Gasteiger partial charge on any atom is -0.336 e. The molecule has 2 fully saturated rings. The molecule has 3 amide bonds. The van der Waals surface area contributed by atoms with Crippen molar-refractivity contribution in [2.24, 2.45) is 5.92 Å². The first-order valence-electron chi connectivity index (χ1n) is 12.4. The number of carbonyl (C=O) groups excluding carboxylic acids is 3. The fraction of sp³-hybridized carbons (Fsp3) is 0.444. The predicted octanol–water partition coefficient (Wildman–Crippen LogP) is 2.90. The highest BCUT2D eigenvalue weighted by molar-refractivity contribution is 6.00. The zero-order valence-corrected chi connectivity index (χ0v) is 21.2. The monoisotopic (exact) mass is 506 g/mol. The van der Waals surface area contributed by atoms with Crippen molar-refractivity contribution >= 4 is 29.9 Å². The largest absolute Gasteiger partial charge is 0.336 e. The Morgan fingerprint density at radius 2 is 2.11 bits per heavy atom. The summed E-state index contributed by atoms with van der Waals surface area (Å²) in [6.45, 7) is 1.51. The molecule has 1 saturated carbocycles. The van der Waals surface area contributed by atoms with Crippen LogP contribution < -0.4 is 10.2 Å². The lowest BCUT2D eigenvalue weighted by Gasteiger charge is -2.32. The average Bonchev–Trinajstić information content (AvgIpc) is 3.72. The van der Waals surface area contributed by atoms with Crippen LogP contribution in [0.1, 0.15) is 46.4 Å². The van der Waals surface area contributed by atoms with Crippen LogP contribution in [-0.4, -0.2) is 78.4 Å². The van der Waals surface area contributed by atoms with Crippen molar-refractivity contribution in [1.29, 1.82) is 0 Å². The summed E-state index contributed by atoms with van der Waals surface area (Å²) in [4.78, 5) is 50.6. The van der Waals surface area contributed by atoms with Crippen LogP contribution in [0.25, 0.3) is 0 Å². The summed E-state index contributed by atoms with van der Waals surface area (Å²) in [6.07, 6.45) is 5.31. The van der Waals surface area contributed by atoms with E-state index in [1.165, 1.54) is 11.9 Å². The van der Waals surface area contributed by atoms with Gasteiger partial charge in [-0.25, -0.2) is 14.8 Å². The van der Waals surface area contributed by atoms with Gasteiger partial charge in [-0.3, -0.25) is 29.1 Å². The SMILES string of the molecule is CN1CCN(Cc2ccc(N(C)C(=O)Nc3cc(CCCF)c(C#CC4CC4)cn3)nc2C=O)C(=O)C1. The van der Waals surface area contributed by atoms with Crippen LogP contribution >= 0.6 is 0 Å². The molecule has 0 spiro atoms.